The van der Waals surface area contributed by atoms with Gasteiger partial charge < -0.3 is 5.11 Å². The number of carbonyl (C=O) groups is 1. The molecule has 1 aromatic rings. The highest BCUT2D eigenvalue weighted by Gasteiger charge is 2.38. The van der Waals surface area contributed by atoms with E-state index in [4.69, 9.17) is 16.7 Å². The van der Waals surface area contributed by atoms with Crippen LogP contribution in [0.15, 0.2) is 24.3 Å². The highest BCUT2D eigenvalue weighted by atomic mass is 35.5. The maximum Gasteiger partial charge on any atom is 0.304 e. The van der Waals surface area contributed by atoms with E-state index in [0.717, 1.165) is 31.2 Å². The van der Waals surface area contributed by atoms with Crippen LogP contribution in [0.4, 0.5) is 0 Å². The first-order chi connectivity index (χ1) is 7.64. The Balaban J connectivity index is 2.39. The molecular formula is C13H15ClO2. The number of carboxylic acid groups (broad SMARTS) is 1. The molecule has 2 nitrogen and oxygen atoms in total. The Morgan fingerprint density at radius 2 is 1.94 bits per heavy atom. The lowest BCUT2D eigenvalue weighted by atomic mass is 9.76. The van der Waals surface area contributed by atoms with Crippen LogP contribution >= 0.6 is 11.6 Å². The standard InChI is InChI=1S/C13H15ClO2/c14-11-6-2-1-5-10(11)13(9-12(15)16)7-3-4-8-13/h1-2,5-6H,3-4,7-9H2,(H,15,16). The van der Waals surface area contributed by atoms with Gasteiger partial charge in [0.05, 0.1) is 6.42 Å². The van der Waals surface area contributed by atoms with E-state index in [9.17, 15) is 4.79 Å². The molecule has 1 fully saturated rings. The van der Waals surface area contributed by atoms with Gasteiger partial charge in [0.15, 0.2) is 0 Å². The van der Waals surface area contributed by atoms with Crippen LogP contribution < -0.4 is 0 Å². The summed E-state index contributed by atoms with van der Waals surface area (Å²) >= 11 is 6.18. The first kappa shape index (κ1) is 11.5. The molecule has 0 spiro atoms. The summed E-state index contributed by atoms with van der Waals surface area (Å²) in [5.41, 5.74) is 0.779. The van der Waals surface area contributed by atoms with E-state index >= 15 is 0 Å². The summed E-state index contributed by atoms with van der Waals surface area (Å²) in [5, 5.41) is 9.75. The molecule has 2 rings (SSSR count). The summed E-state index contributed by atoms with van der Waals surface area (Å²) < 4.78 is 0. The van der Waals surface area contributed by atoms with Crippen molar-refractivity contribution in [2.24, 2.45) is 0 Å². The third-order valence-corrected chi connectivity index (χ3v) is 3.83. The van der Waals surface area contributed by atoms with E-state index in [2.05, 4.69) is 0 Å². The normalized spacial score (nSPS) is 18.6. The Kier molecular flexibility index (Phi) is 3.20. The van der Waals surface area contributed by atoms with Crippen LogP contribution in [0.25, 0.3) is 0 Å². The Morgan fingerprint density at radius 1 is 1.31 bits per heavy atom. The van der Waals surface area contributed by atoms with Gasteiger partial charge in [0.2, 0.25) is 0 Å². The molecule has 1 aliphatic rings. The van der Waals surface area contributed by atoms with E-state index in [-0.39, 0.29) is 11.8 Å². The number of hydrogen-bond donors (Lipinski definition) is 1. The molecule has 86 valence electrons. The Hall–Kier alpha value is -1.02. The molecule has 0 unspecified atom stereocenters. The summed E-state index contributed by atoms with van der Waals surface area (Å²) in [6, 6.07) is 7.63. The highest BCUT2D eigenvalue weighted by molar-refractivity contribution is 6.31. The van der Waals surface area contributed by atoms with Gasteiger partial charge in [-0.1, -0.05) is 42.6 Å². The predicted molar refractivity (Wildman–Crippen MR) is 63.9 cm³/mol. The molecule has 1 aromatic carbocycles. The molecule has 16 heavy (non-hydrogen) atoms. The number of rotatable bonds is 3. The van der Waals surface area contributed by atoms with Gasteiger partial charge in [-0.15, -0.1) is 0 Å². The molecule has 3 heteroatoms. The van der Waals surface area contributed by atoms with Crippen LogP contribution in [-0.2, 0) is 10.2 Å². The second-order valence-electron chi connectivity index (χ2n) is 4.54. The lowest BCUT2D eigenvalue weighted by Gasteiger charge is -2.28. The predicted octanol–water partition coefficient (Wildman–Crippen LogP) is 3.63. The minimum Gasteiger partial charge on any atom is -0.481 e. The number of benzene rings is 1. The summed E-state index contributed by atoms with van der Waals surface area (Å²) in [5.74, 6) is -0.734. The fourth-order valence-electron chi connectivity index (χ4n) is 2.77. The molecule has 0 radical (unpaired) electrons. The van der Waals surface area contributed by atoms with Crippen molar-refractivity contribution in [3.05, 3.63) is 34.9 Å². The summed E-state index contributed by atoms with van der Waals surface area (Å²) in [4.78, 5) is 11.0. The average molecular weight is 239 g/mol. The van der Waals surface area contributed by atoms with Gasteiger partial charge in [-0.05, 0) is 24.5 Å². The topological polar surface area (TPSA) is 37.3 Å². The van der Waals surface area contributed by atoms with Gasteiger partial charge in [-0.2, -0.15) is 0 Å². The fourth-order valence-corrected chi connectivity index (χ4v) is 3.11. The van der Waals surface area contributed by atoms with Crippen LogP contribution in [0, 0.1) is 0 Å². The molecule has 0 bridgehead atoms. The third-order valence-electron chi connectivity index (χ3n) is 3.50. The Labute approximate surface area is 100 Å². The van der Waals surface area contributed by atoms with Gasteiger partial charge in [-0.25, -0.2) is 0 Å². The summed E-state index contributed by atoms with van der Waals surface area (Å²) in [7, 11) is 0. The van der Waals surface area contributed by atoms with Crippen molar-refractivity contribution in [1.29, 1.82) is 0 Å². The van der Waals surface area contributed by atoms with E-state index in [1.165, 1.54) is 0 Å². The van der Waals surface area contributed by atoms with Crippen LogP contribution in [-0.4, -0.2) is 11.1 Å². The molecule has 0 aliphatic heterocycles. The van der Waals surface area contributed by atoms with Crippen LogP contribution in [0.3, 0.4) is 0 Å². The van der Waals surface area contributed by atoms with Crippen molar-refractivity contribution < 1.29 is 9.90 Å². The zero-order chi connectivity index (χ0) is 11.6. The lowest BCUT2D eigenvalue weighted by Crippen LogP contribution is -2.26. The second-order valence-corrected chi connectivity index (χ2v) is 4.94. The van der Waals surface area contributed by atoms with E-state index in [0.29, 0.717) is 5.02 Å². The molecule has 1 N–H and O–H groups in total. The smallest absolute Gasteiger partial charge is 0.304 e. The highest BCUT2D eigenvalue weighted by Crippen LogP contribution is 2.46. The van der Waals surface area contributed by atoms with Gasteiger partial charge in [0, 0.05) is 10.4 Å². The van der Waals surface area contributed by atoms with Crippen molar-refractivity contribution in [3.63, 3.8) is 0 Å². The third kappa shape index (κ3) is 2.07. The summed E-state index contributed by atoms with van der Waals surface area (Å²) in [6.07, 6.45) is 4.25. The molecule has 0 aromatic heterocycles. The maximum atomic E-state index is 11.0. The lowest BCUT2D eigenvalue weighted by molar-refractivity contribution is -0.138. The molecule has 0 heterocycles. The number of aliphatic carboxylic acids is 1. The quantitative estimate of drug-likeness (QED) is 0.873. The van der Waals surface area contributed by atoms with Gasteiger partial charge in [-0.3, -0.25) is 4.79 Å². The fraction of sp³-hybridized carbons (Fsp3) is 0.462. The van der Waals surface area contributed by atoms with Crippen molar-refractivity contribution in [1.82, 2.24) is 0 Å². The monoisotopic (exact) mass is 238 g/mol. The number of hydrogen-bond acceptors (Lipinski definition) is 1. The van der Waals surface area contributed by atoms with E-state index < -0.39 is 5.97 Å². The molecule has 1 saturated carbocycles. The van der Waals surface area contributed by atoms with Crippen molar-refractivity contribution in [2.45, 2.75) is 37.5 Å². The first-order valence-electron chi connectivity index (χ1n) is 5.61. The van der Waals surface area contributed by atoms with E-state index in [1.54, 1.807) is 0 Å². The average Bonchev–Trinajstić information content (AvgIpc) is 2.67. The first-order valence-corrected chi connectivity index (χ1v) is 5.99. The zero-order valence-corrected chi connectivity index (χ0v) is 9.83. The Bertz CT molecular complexity index is 395. The van der Waals surface area contributed by atoms with Crippen molar-refractivity contribution in [3.8, 4) is 0 Å². The van der Waals surface area contributed by atoms with Crippen LogP contribution in [0.1, 0.15) is 37.7 Å². The van der Waals surface area contributed by atoms with Crippen molar-refractivity contribution in [2.75, 3.05) is 0 Å². The zero-order valence-electron chi connectivity index (χ0n) is 9.08. The molecule has 0 saturated heterocycles. The molecular weight excluding hydrogens is 224 g/mol. The molecule has 0 amide bonds. The molecule has 0 atom stereocenters. The van der Waals surface area contributed by atoms with Gasteiger partial charge in [0.1, 0.15) is 0 Å². The maximum absolute atomic E-state index is 11.0. The van der Waals surface area contributed by atoms with E-state index in [1.807, 2.05) is 24.3 Å². The minimum absolute atomic E-state index is 0.191. The Morgan fingerprint density at radius 3 is 2.50 bits per heavy atom. The van der Waals surface area contributed by atoms with Gasteiger partial charge in [0.25, 0.3) is 0 Å². The number of carboxylic acids is 1. The SMILES string of the molecule is O=C(O)CC1(c2ccccc2Cl)CCCC1. The number of halogens is 1. The van der Waals surface area contributed by atoms with Crippen LogP contribution in [0.5, 0.6) is 0 Å². The summed E-state index contributed by atoms with van der Waals surface area (Å²) in [6.45, 7) is 0. The minimum atomic E-state index is -0.734. The van der Waals surface area contributed by atoms with Crippen molar-refractivity contribution >= 4 is 17.6 Å². The largest absolute Gasteiger partial charge is 0.481 e. The second kappa shape index (κ2) is 4.46. The van der Waals surface area contributed by atoms with Crippen LogP contribution in [0.2, 0.25) is 5.02 Å². The van der Waals surface area contributed by atoms with Gasteiger partial charge >= 0.3 is 5.97 Å². The molecule has 1 aliphatic carbocycles.